The molecular weight excluding hydrogens is 525 g/mol. The maximum atomic E-state index is 13.0. The second-order valence-corrected chi connectivity index (χ2v) is 9.64. The lowest BCUT2D eigenvalue weighted by atomic mass is 10.0. The Bertz CT molecular complexity index is 1170. The van der Waals surface area contributed by atoms with Crippen LogP contribution in [0.25, 0.3) is 0 Å². The molecule has 0 heterocycles. The maximum Gasteiger partial charge on any atom is 0.247 e. The molecule has 0 saturated carbocycles. The number of carbonyl (C=O) groups is 2. The highest BCUT2D eigenvalue weighted by atomic mass is 35.5. The van der Waals surface area contributed by atoms with E-state index in [1.807, 2.05) is 24.3 Å². The van der Waals surface area contributed by atoms with Crippen LogP contribution in [0.2, 0.25) is 0 Å². The highest BCUT2D eigenvalue weighted by Gasteiger charge is 2.22. The number of anilines is 2. The van der Waals surface area contributed by atoms with E-state index in [-0.39, 0.29) is 35.9 Å². The molecule has 0 radical (unpaired) electrons. The number of aromatic hydroxyl groups is 2. The van der Waals surface area contributed by atoms with Crippen molar-refractivity contribution in [2.24, 2.45) is 0 Å². The molecule has 0 saturated heterocycles. The van der Waals surface area contributed by atoms with Gasteiger partial charge in [-0.25, -0.2) is 0 Å². The summed E-state index contributed by atoms with van der Waals surface area (Å²) in [6.07, 6.45) is 1.81. The second-order valence-electron chi connectivity index (χ2n) is 8.88. The lowest BCUT2D eigenvalue weighted by molar-refractivity contribution is -0.126. The number of benzene rings is 3. The number of aryl methyl sites for hydroxylation is 1. The third-order valence-electron chi connectivity index (χ3n) is 6.07. The van der Waals surface area contributed by atoms with Crippen molar-refractivity contribution in [3.63, 3.8) is 0 Å². The van der Waals surface area contributed by atoms with E-state index < -0.39 is 11.9 Å². The van der Waals surface area contributed by atoms with Crippen LogP contribution in [0, 0.1) is 0 Å². The highest BCUT2D eigenvalue weighted by Crippen LogP contribution is 2.22. The summed E-state index contributed by atoms with van der Waals surface area (Å²) in [5, 5.41) is 25.1. The van der Waals surface area contributed by atoms with Crippen LogP contribution in [0.15, 0.2) is 72.8 Å². The molecule has 0 bridgehead atoms. The van der Waals surface area contributed by atoms with Crippen LogP contribution in [0.3, 0.4) is 0 Å². The standard InChI is InChI=1S/C29H33Cl2N3O4/c30-16-18-34(19-17-31)23-12-8-21(9-13-23)4-3-7-28(37)32-26(20-22-10-14-24(35)15-11-22)29(38)33-25-5-1-2-6-27(25)36/h1-2,5-6,8-15,26,35-36H,3-4,7,16-20H2,(H,32,37)(H,33,38)/t26-/m0/s1. The van der Waals surface area contributed by atoms with Crippen molar-refractivity contribution in [1.82, 2.24) is 5.32 Å². The Morgan fingerprint density at radius 3 is 2.11 bits per heavy atom. The lowest BCUT2D eigenvalue weighted by Crippen LogP contribution is -2.45. The van der Waals surface area contributed by atoms with Gasteiger partial charge in [0.1, 0.15) is 17.5 Å². The monoisotopic (exact) mass is 557 g/mol. The van der Waals surface area contributed by atoms with Crippen LogP contribution in [0.5, 0.6) is 11.5 Å². The summed E-state index contributed by atoms with van der Waals surface area (Å²) in [6.45, 7) is 1.44. The van der Waals surface area contributed by atoms with Gasteiger partial charge in [-0.15, -0.1) is 23.2 Å². The van der Waals surface area contributed by atoms with Gasteiger partial charge in [-0.2, -0.15) is 0 Å². The Kier molecular flexibility index (Phi) is 11.6. The molecule has 0 spiro atoms. The van der Waals surface area contributed by atoms with Crippen LogP contribution in [-0.4, -0.2) is 52.9 Å². The molecule has 38 heavy (non-hydrogen) atoms. The van der Waals surface area contributed by atoms with E-state index in [4.69, 9.17) is 23.2 Å². The average molecular weight is 559 g/mol. The average Bonchev–Trinajstić information content (AvgIpc) is 2.91. The largest absolute Gasteiger partial charge is 0.508 e. The number of amides is 2. The smallest absolute Gasteiger partial charge is 0.247 e. The molecule has 3 aromatic carbocycles. The maximum absolute atomic E-state index is 13.0. The van der Waals surface area contributed by atoms with Gasteiger partial charge in [0.15, 0.2) is 0 Å². The quantitative estimate of drug-likeness (QED) is 0.164. The highest BCUT2D eigenvalue weighted by molar-refractivity contribution is 6.18. The van der Waals surface area contributed by atoms with E-state index in [0.717, 1.165) is 29.9 Å². The Hall–Kier alpha value is -3.42. The van der Waals surface area contributed by atoms with E-state index in [0.29, 0.717) is 24.6 Å². The van der Waals surface area contributed by atoms with Gasteiger partial charge in [0.25, 0.3) is 0 Å². The SMILES string of the molecule is O=C(CCCc1ccc(N(CCCl)CCCl)cc1)N[C@@H](Cc1ccc(O)cc1)C(=O)Nc1ccccc1O. The second kappa shape index (κ2) is 15.1. The number of alkyl halides is 2. The Labute approximate surface area is 233 Å². The van der Waals surface area contributed by atoms with E-state index in [1.165, 1.54) is 18.2 Å². The lowest BCUT2D eigenvalue weighted by Gasteiger charge is -2.23. The minimum absolute atomic E-state index is 0.0602. The van der Waals surface area contributed by atoms with Crippen molar-refractivity contribution in [3.8, 4) is 11.5 Å². The molecule has 1 atom stereocenters. The number of rotatable bonds is 14. The zero-order chi connectivity index (χ0) is 27.3. The molecule has 0 aromatic heterocycles. The van der Waals surface area contributed by atoms with Crippen molar-refractivity contribution >= 4 is 46.4 Å². The first kappa shape index (κ1) is 29.1. The number of hydrogen-bond donors (Lipinski definition) is 4. The van der Waals surface area contributed by atoms with Gasteiger partial charge in [-0.05, 0) is 60.4 Å². The molecule has 202 valence electrons. The molecular formula is C29H33Cl2N3O4. The molecule has 0 aliphatic heterocycles. The van der Waals surface area contributed by atoms with Crippen LogP contribution in [0.1, 0.15) is 24.0 Å². The molecule has 0 unspecified atom stereocenters. The van der Waals surface area contributed by atoms with Crippen LogP contribution in [0.4, 0.5) is 11.4 Å². The zero-order valence-electron chi connectivity index (χ0n) is 21.1. The number of hydrogen-bond acceptors (Lipinski definition) is 5. The van der Waals surface area contributed by atoms with Crippen LogP contribution in [-0.2, 0) is 22.4 Å². The third-order valence-corrected chi connectivity index (χ3v) is 6.41. The predicted octanol–water partition coefficient (Wildman–Crippen LogP) is 5.07. The molecule has 0 aliphatic carbocycles. The van der Waals surface area contributed by atoms with E-state index >= 15 is 0 Å². The van der Waals surface area contributed by atoms with E-state index in [9.17, 15) is 19.8 Å². The number of nitrogens with zero attached hydrogens (tertiary/aromatic N) is 1. The minimum atomic E-state index is -0.860. The summed E-state index contributed by atoms with van der Waals surface area (Å²) in [4.78, 5) is 28.0. The molecule has 9 heteroatoms. The number of para-hydroxylation sites is 2. The van der Waals surface area contributed by atoms with Crippen LogP contribution < -0.4 is 15.5 Å². The molecule has 3 aromatic rings. The van der Waals surface area contributed by atoms with Gasteiger partial charge >= 0.3 is 0 Å². The topological polar surface area (TPSA) is 102 Å². The first-order chi connectivity index (χ1) is 18.4. The fourth-order valence-electron chi connectivity index (χ4n) is 4.04. The summed E-state index contributed by atoms with van der Waals surface area (Å²) < 4.78 is 0. The Balaban J connectivity index is 1.58. The molecule has 2 amide bonds. The summed E-state index contributed by atoms with van der Waals surface area (Å²) in [5.74, 6) is 0.412. The van der Waals surface area contributed by atoms with Gasteiger partial charge in [0.2, 0.25) is 11.8 Å². The van der Waals surface area contributed by atoms with Gasteiger partial charge in [-0.3, -0.25) is 9.59 Å². The molecule has 3 rings (SSSR count). The van der Waals surface area contributed by atoms with Crippen molar-refractivity contribution in [1.29, 1.82) is 0 Å². The third kappa shape index (κ3) is 9.15. The predicted molar refractivity (Wildman–Crippen MR) is 154 cm³/mol. The first-order valence-electron chi connectivity index (χ1n) is 12.5. The number of halogens is 2. The van der Waals surface area contributed by atoms with Gasteiger partial charge in [-0.1, -0.05) is 36.4 Å². The Morgan fingerprint density at radius 2 is 1.47 bits per heavy atom. The normalized spacial score (nSPS) is 11.5. The van der Waals surface area contributed by atoms with Crippen LogP contribution >= 0.6 is 23.2 Å². The number of phenols is 2. The van der Waals surface area contributed by atoms with Gasteiger partial charge in [0.05, 0.1) is 5.69 Å². The fourth-order valence-corrected chi connectivity index (χ4v) is 4.45. The van der Waals surface area contributed by atoms with Crippen molar-refractivity contribution in [3.05, 3.63) is 83.9 Å². The van der Waals surface area contributed by atoms with E-state index in [1.54, 1.807) is 30.3 Å². The van der Waals surface area contributed by atoms with Gasteiger partial charge < -0.3 is 25.7 Å². The molecule has 0 fully saturated rings. The molecule has 7 nitrogen and oxygen atoms in total. The number of phenolic OH excluding ortho intramolecular Hbond substituents is 2. The number of nitrogens with one attached hydrogen (secondary N) is 2. The summed E-state index contributed by atoms with van der Waals surface area (Å²) >= 11 is 11.8. The fraction of sp³-hybridized carbons (Fsp3) is 0.310. The first-order valence-corrected chi connectivity index (χ1v) is 13.6. The van der Waals surface area contributed by atoms with Crippen molar-refractivity contribution < 1.29 is 19.8 Å². The minimum Gasteiger partial charge on any atom is -0.508 e. The summed E-state index contributed by atoms with van der Waals surface area (Å²) in [5.41, 5.74) is 3.20. The van der Waals surface area contributed by atoms with Crippen molar-refractivity contribution in [2.75, 3.05) is 35.1 Å². The van der Waals surface area contributed by atoms with Crippen molar-refractivity contribution in [2.45, 2.75) is 31.7 Å². The zero-order valence-corrected chi connectivity index (χ0v) is 22.6. The van der Waals surface area contributed by atoms with Gasteiger partial charge in [0, 0.05) is 43.4 Å². The summed E-state index contributed by atoms with van der Waals surface area (Å²) in [7, 11) is 0. The summed E-state index contributed by atoms with van der Waals surface area (Å²) in [6, 6.07) is 20.2. The Morgan fingerprint density at radius 1 is 0.842 bits per heavy atom. The molecule has 0 aliphatic rings. The number of carbonyl (C=O) groups excluding carboxylic acids is 2. The molecule has 4 N–H and O–H groups in total. The van der Waals surface area contributed by atoms with E-state index in [2.05, 4.69) is 15.5 Å².